The fourth-order valence-corrected chi connectivity index (χ4v) is 3.64. The van der Waals surface area contributed by atoms with Gasteiger partial charge in [0.1, 0.15) is 0 Å². The van der Waals surface area contributed by atoms with Crippen molar-refractivity contribution >= 4 is 17.5 Å². The number of halogens is 1. The van der Waals surface area contributed by atoms with E-state index in [0.717, 1.165) is 19.3 Å². The fourth-order valence-electron chi connectivity index (χ4n) is 3.49. The SMILES string of the molecule is CO[C@]12CC[C@H](O)C[C@H]1N(C(=O)c1ccc(Cl)o1)CC2. The molecule has 1 N–H and O–H groups in total. The topological polar surface area (TPSA) is 62.9 Å². The van der Waals surface area contributed by atoms with Crippen molar-refractivity contribution in [1.29, 1.82) is 0 Å². The van der Waals surface area contributed by atoms with E-state index in [9.17, 15) is 9.90 Å². The number of fused-ring (bicyclic) bond motifs is 1. The Kier molecular flexibility index (Phi) is 3.52. The van der Waals surface area contributed by atoms with Gasteiger partial charge in [-0.15, -0.1) is 0 Å². The molecule has 1 amide bonds. The average molecular weight is 300 g/mol. The van der Waals surface area contributed by atoms with Crippen LogP contribution >= 0.6 is 11.6 Å². The molecule has 1 aromatic rings. The summed E-state index contributed by atoms with van der Waals surface area (Å²) in [6, 6.07) is 3.04. The Labute approximate surface area is 122 Å². The Morgan fingerprint density at radius 3 is 3.00 bits per heavy atom. The number of aliphatic hydroxyl groups excluding tert-OH is 1. The second-order valence-corrected chi connectivity index (χ2v) is 5.94. The smallest absolute Gasteiger partial charge is 0.289 e. The van der Waals surface area contributed by atoms with E-state index in [4.69, 9.17) is 20.8 Å². The first-order valence-electron chi connectivity index (χ1n) is 6.85. The van der Waals surface area contributed by atoms with Crippen molar-refractivity contribution in [3.05, 3.63) is 23.1 Å². The summed E-state index contributed by atoms with van der Waals surface area (Å²) in [5.74, 6) is 0.0527. The average Bonchev–Trinajstić information content (AvgIpc) is 3.02. The Hall–Kier alpha value is -1.04. The first kappa shape index (κ1) is 13.9. The van der Waals surface area contributed by atoms with Crippen LogP contribution in [0.1, 0.15) is 36.2 Å². The van der Waals surface area contributed by atoms with Crippen molar-refractivity contribution in [3.8, 4) is 0 Å². The zero-order valence-corrected chi connectivity index (χ0v) is 12.1. The molecule has 110 valence electrons. The van der Waals surface area contributed by atoms with E-state index in [1.165, 1.54) is 0 Å². The zero-order chi connectivity index (χ0) is 14.3. The molecule has 0 bridgehead atoms. The number of rotatable bonds is 2. The maximum Gasteiger partial charge on any atom is 0.289 e. The van der Waals surface area contributed by atoms with Crippen molar-refractivity contribution in [2.75, 3.05) is 13.7 Å². The highest BCUT2D eigenvalue weighted by molar-refractivity contribution is 6.29. The third-order valence-electron chi connectivity index (χ3n) is 4.61. The first-order valence-corrected chi connectivity index (χ1v) is 7.23. The molecule has 1 saturated carbocycles. The van der Waals surface area contributed by atoms with Gasteiger partial charge in [0.2, 0.25) is 0 Å². The lowest BCUT2D eigenvalue weighted by atomic mass is 9.79. The first-order chi connectivity index (χ1) is 9.55. The molecular formula is C14H18ClNO4. The van der Waals surface area contributed by atoms with Crippen LogP contribution in [-0.4, -0.2) is 47.3 Å². The van der Waals surface area contributed by atoms with Crippen LogP contribution in [0.5, 0.6) is 0 Å². The minimum absolute atomic E-state index is 0.104. The van der Waals surface area contributed by atoms with Crippen LogP contribution in [0.2, 0.25) is 5.22 Å². The quantitative estimate of drug-likeness (QED) is 0.908. The minimum Gasteiger partial charge on any atom is -0.440 e. The molecule has 5 nitrogen and oxygen atoms in total. The van der Waals surface area contributed by atoms with Crippen molar-refractivity contribution in [2.45, 2.75) is 43.4 Å². The summed E-state index contributed by atoms with van der Waals surface area (Å²) in [5, 5.41) is 10.1. The summed E-state index contributed by atoms with van der Waals surface area (Å²) in [6.45, 7) is 0.613. The number of nitrogens with zero attached hydrogens (tertiary/aromatic N) is 1. The van der Waals surface area contributed by atoms with E-state index in [-0.39, 0.29) is 34.6 Å². The number of methoxy groups -OCH3 is 1. The van der Waals surface area contributed by atoms with Gasteiger partial charge in [0, 0.05) is 13.7 Å². The van der Waals surface area contributed by atoms with Crippen molar-refractivity contribution in [1.82, 2.24) is 4.90 Å². The number of hydrogen-bond donors (Lipinski definition) is 1. The van der Waals surface area contributed by atoms with E-state index in [2.05, 4.69) is 0 Å². The number of amides is 1. The lowest BCUT2D eigenvalue weighted by Gasteiger charge is -2.42. The van der Waals surface area contributed by atoms with Crippen molar-refractivity contribution in [2.24, 2.45) is 0 Å². The lowest BCUT2D eigenvalue weighted by molar-refractivity contribution is -0.0826. The second kappa shape index (κ2) is 5.06. The van der Waals surface area contributed by atoms with E-state index >= 15 is 0 Å². The minimum atomic E-state index is -0.378. The van der Waals surface area contributed by atoms with Gasteiger partial charge in [-0.1, -0.05) is 0 Å². The summed E-state index contributed by atoms with van der Waals surface area (Å²) >= 11 is 5.72. The number of hydrogen-bond acceptors (Lipinski definition) is 4. The molecule has 1 aliphatic heterocycles. The van der Waals surface area contributed by atoms with Crippen LogP contribution in [0.15, 0.2) is 16.5 Å². The van der Waals surface area contributed by atoms with Crippen LogP contribution in [0, 0.1) is 0 Å². The number of ether oxygens (including phenoxy) is 1. The molecule has 3 rings (SSSR count). The van der Waals surface area contributed by atoms with Gasteiger partial charge in [-0.05, 0) is 49.4 Å². The molecule has 2 heterocycles. The van der Waals surface area contributed by atoms with Gasteiger partial charge in [-0.25, -0.2) is 0 Å². The number of aliphatic hydroxyl groups is 1. The van der Waals surface area contributed by atoms with E-state index in [1.807, 2.05) is 0 Å². The number of carbonyl (C=O) groups is 1. The van der Waals surface area contributed by atoms with Gasteiger partial charge in [0.15, 0.2) is 11.0 Å². The molecule has 1 saturated heterocycles. The van der Waals surface area contributed by atoms with Crippen LogP contribution < -0.4 is 0 Å². The molecule has 2 fully saturated rings. The Bertz CT molecular complexity index is 517. The predicted octanol–water partition coefficient (Wildman–Crippen LogP) is 2.08. The van der Waals surface area contributed by atoms with Gasteiger partial charge in [0.25, 0.3) is 5.91 Å². The highest BCUT2D eigenvalue weighted by Gasteiger charge is 2.52. The summed E-state index contributed by atoms with van der Waals surface area (Å²) in [6.07, 6.45) is 2.46. The van der Waals surface area contributed by atoms with E-state index < -0.39 is 0 Å². The molecule has 0 radical (unpaired) electrons. The van der Waals surface area contributed by atoms with Gasteiger partial charge in [-0.2, -0.15) is 0 Å². The molecular weight excluding hydrogens is 282 g/mol. The fraction of sp³-hybridized carbons (Fsp3) is 0.643. The molecule has 6 heteroatoms. The molecule has 0 spiro atoms. The lowest BCUT2D eigenvalue weighted by Crippen LogP contribution is -2.52. The summed E-state index contributed by atoms with van der Waals surface area (Å²) in [7, 11) is 1.68. The van der Waals surface area contributed by atoms with Crippen LogP contribution in [0.3, 0.4) is 0 Å². The van der Waals surface area contributed by atoms with Crippen LogP contribution in [0.4, 0.5) is 0 Å². The molecule has 3 atom stereocenters. The van der Waals surface area contributed by atoms with Gasteiger partial charge in [-0.3, -0.25) is 4.79 Å². The predicted molar refractivity (Wildman–Crippen MR) is 72.8 cm³/mol. The number of carbonyl (C=O) groups excluding carboxylic acids is 1. The summed E-state index contributed by atoms with van der Waals surface area (Å²) in [4.78, 5) is 14.3. The standard InChI is InChI=1S/C14H18ClNO4/c1-19-14-5-4-9(17)8-11(14)16(7-6-14)13(18)10-2-3-12(15)20-10/h2-3,9,11,17H,4-8H2,1H3/t9-,11+,14-/m0/s1. The Morgan fingerprint density at radius 1 is 1.55 bits per heavy atom. The Balaban J connectivity index is 1.85. The summed E-state index contributed by atoms with van der Waals surface area (Å²) in [5.41, 5.74) is -0.328. The van der Waals surface area contributed by atoms with Crippen molar-refractivity contribution in [3.63, 3.8) is 0 Å². The largest absolute Gasteiger partial charge is 0.440 e. The van der Waals surface area contributed by atoms with Crippen LogP contribution in [0.25, 0.3) is 0 Å². The van der Waals surface area contributed by atoms with Gasteiger partial charge in [0.05, 0.1) is 17.7 Å². The Morgan fingerprint density at radius 2 is 2.35 bits per heavy atom. The van der Waals surface area contributed by atoms with Gasteiger partial charge < -0.3 is 19.2 Å². The molecule has 2 aliphatic rings. The number of furan rings is 1. The maximum absolute atomic E-state index is 12.5. The second-order valence-electron chi connectivity index (χ2n) is 5.57. The highest BCUT2D eigenvalue weighted by atomic mass is 35.5. The maximum atomic E-state index is 12.5. The van der Waals surface area contributed by atoms with E-state index in [0.29, 0.717) is 13.0 Å². The zero-order valence-electron chi connectivity index (χ0n) is 11.3. The molecule has 20 heavy (non-hydrogen) atoms. The molecule has 0 aromatic carbocycles. The van der Waals surface area contributed by atoms with E-state index in [1.54, 1.807) is 24.1 Å². The van der Waals surface area contributed by atoms with Crippen molar-refractivity contribution < 1.29 is 19.1 Å². The third kappa shape index (κ3) is 2.14. The third-order valence-corrected chi connectivity index (χ3v) is 4.81. The highest BCUT2D eigenvalue weighted by Crippen LogP contribution is 2.43. The number of likely N-dealkylation sites (tertiary alicyclic amines) is 1. The summed E-state index contributed by atoms with van der Waals surface area (Å²) < 4.78 is 10.9. The molecule has 0 unspecified atom stereocenters. The normalized spacial score (nSPS) is 33.2. The van der Waals surface area contributed by atoms with Gasteiger partial charge >= 0.3 is 0 Å². The van der Waals surface area contributed by atoms with Crippen LogP contribution in [-0.2, 0) is 4.74 Å². The molecule has 1 aliphatic carbocycles. The monoisotopic (exact) mass is 299 g/mol. The molecule has 1 aromatic heterocycles.